The molecule has 0 saturated carbocycles. The fraction of sp³-hybridized carbons (Fsp3) is 0.250. The van der Waals surface area contributed by atoms with Crippen LogP contribution in [0.5, 0.6) is 0 Å². The van der Waals surface area contributed by atoms with Crippen molar-refractivity contribution in [2.45, 2.75) is 19.8 Å². The molecule has 0 fully saturated rings. The van der Waals surface area contributed by atoms with Gasteiger partial charge in [0.15, 0.2) is 0 Å². The number of aromatic nitrogens is 1. The standard InChI is InChI=1S/C16H17N3O/c1-2-16(20)19(15-5-3-4-9-18-15)13-7-6-12-8-10-17-14(12)11-13/h3-7,9,11,17H,2,8,10H2,1H3. The predicted octanol–water partition coefficient (Wildman–Crippen LogP) is 3.12. The molecule has 2 aromatic rings. The number of benzene rings is 1. The molecule has 0 atom stereocenters. The number of hydrogen-bond donors (Lipinski definition) is 1. The quantitative estimate of drug-likeness (QED) is 0.929. The van der Waals surface area contributed by atoms with Crippen molar-refractivity contribution in [3.8, 4) is 0 Å². The van der Waals surface area contributed by atoms with Crippen LogP contribution in [0, 0.1) is 0 Å². The van der Waals surface area contributed by atoms with Crippen molar-refractivity contribution in [3.63, 3.8) is 0 Å². The molecular weight excluding hydrogens is 250 g/mol. The summed E-state index contributed by atoms with van der Waals surface area (Å²) in [5, 5.41) is 3.35. The summed E-state index contributed by atoms with van der Waals surface area (Å²) in [5.74, 6) is 0.707. The average molecular weight is 267 g/mol. The fourth-order valence-electron chi connectivity index (χ4n) is 2.47. The Balaban J connectivity index is 2.04. The van der Waals surface area contributed by atoms with Gasteiger partial charge in [-0.2, -0.15) is 0 Å². The van der Waals surface area contributed by atoms with Crippen molar-refractivity contribution < 1.29 is 4.79 Å². The molecule has 0 aliphatic carbocycles. The molecule has 0 saturated heterocycles. The molecule has 1 aliphatic rings. The van der Waals surface area contributed by atoms with Gasteiger partial charge in [0, 0.05) is 24.8 Å². The third kappa shape index (κ3) is 2.25. The first-order valence-electron chi connectivity index (χ1n) is 6.90. The second-order valence-corrected chi connectivity index (χ2v) is 4.79. The van der Waals surface area contributed by atoms with Crippen molar-refractivity contribution >= 4 is 23.1 Å². The molecule has 4 heteroatoms. The highest BCUT2D eigenvalue weighted by molar-refractivity contribution is 6.00. The van der Waals surface area contributed by atoms with Gasteiger partial charge in [0.25, 0.3) is 0 Å². The Bertz CT molecular complexity index is 625. The van der Waals surface area contributed by atoms with Gasteiger partial charge in [-0.05, 0) is 36.2 Å². The fourth-order valence-corrected chi connectivity index (χ4v) is 2.47. The highest BCUT2D eigenvalue weighted by Gasteiger charge is 2.19. The molecule has 4 nitrogen and oxygen atoms in total. The number of amides is 1. The van der Waals surface area contributed by atoms with E-state index >= 15 is 0 Å². The molecule has 0 spiro atoms. The van der Waals surface area contributed by atoms with E-state index in [2.05, 4.69) is 16.4 Å². The van der Waals surface area contributed by atoms with Crippen molar-refractivity contribution in [2.24, 2.45) is 0 Å². The topological polar surface area (TPSA) is 45.2 Å². The van der Waals surface area contributed by atoms with Gasteiger partial charge < -0.3 is 5.32 Å². The number of nitrogens with zero attached hydrogens (tertiary/aromatic N) is 2. The molecule has 1 aliphatic heterocycles. The van der Waals surface area contributed by atoms with Crippen LogP contribution >= 0.6 is 0 Å². The lowest BCUT2D eigenvalue weighted by molar-refractivity contribution is -0.117. The first kappa shape index (κ1) is 12.7. The van der Waals surface area contributed by atoms with E-state index in [1.165, 1.54) is 5.56 Å². The third-order valence-corrected chi connectivity index (χ3v) is 3.49. The Morgan fingerprint density at radius 3 is 3.00 bits per heavy atom. The summed E-state index contributed by atoms with van der Waals surface area (Å²) in [6.45, 7) is 2.83. The van der Waals surface area contributed by atoms with Gasteiger partial charge in [-0.3, -0.25) is 9.69 Å². The van der Waals surface area contributed by atoms with Crippen LogP contribution in [0.4, 0.5) is 17.2 Å². The number of anilines is 3. The van der Waals surface area contributed by atoms with Crippen LogP contribution < -0.4 is 10.2 Å². The zero-order chi connectivity index (χ0) is 13.9. The highest BCUT2D eigenvalue weighted by atomic mass is 16.2. The first-order valence-corrected chi connectivity index (χ1v) is 6.90. The molecule has 1 aromatic heterocycles. The van der Waals surface area contributed by atoms with Crippen LogP contribution in [0.15, 0.2) is 42.6 Å². The third-order valence-electron chi connectivity index (χ3n) is 3.49. The maximum absolute atomic E-state index is 12.3. The minimum absolute atomic E-state index is 0.0432. The van der Waals surface area contributed by atoms with Crippen molar-refractivity contribution in [1.82, 2.24) is 4.98 Å². The Morgan fingerprint density at radius 2 is 2.25 bits per heavy atom. The van der Waals surface area contributed by atoms with Gasteiger partial charge in [0.2, 0.25) is 5.91 Å². The molecular formula is C16H17N3O. The lowest BCUT2D eigenvalue weighted by atomic mass is 10.1. The van der Waals surface area contributed by atoms with Crippen LogP contribution in [0.1, 0.15) is 18.9 Å². The van der Waals surface area contributed by atoms with Gasteiger partial charge in [-0.1, -0.05) is 19.1 Å². The Morgan fingerprint density at radius 1 is 1.35 bits per heavy atom. The summed E-state index contributed by atoms with van der Waals surface area (Å²) in [5.41, 5.74) is 3.29. The van der Waals surface area contributed by atoms with E-state index in [0.717, 1.165) is 24.3 Å². The van der Waals surface area contributed by atoms with E-state index < -0.39 is 0 Å². The molecule has 0 radical (unpaired) electrons. The molecule has 3 rings (SSSR count). The second kappa shape index (κ2) is 5.33. The second-order valence-electron chi connectivity index (χ2n) is 4.79. The van der Waals surface area contributed by atoms with E-state index in [1.54, 1.807) is 11.1 Å². The highest BCUT2D eigenvalue weighted by Crippen LogP contribution is 2.31. The maximum Gasteiger partial charge on any atom is 0.232 e. The van der Waals surface area contributed by atoms with Gasteiger partial charge >= 0.3 is 0 Å². The Kier molecular flexibility index (Phi) is 3.37. The molecule has 1 amide bonds. The zero-order valence-electron chi connectivity index (χ0n) is 11.5. The van der Waals surface area contributed by atoms with Gasteiger partial charge in [0.1, 0.15) is 5.82 Å². The van der Waals surface area contributed by atoms with Gasteiger partial charge in [0.05, 0.1) is 5.69 Å². The van der Waals surface area contributed by atoms with E-state index in [1.807, 2.05) is 37.3 Å². The van der Waals surface area contributed by atoms with Crippen LogP contribution in [0.25, 0.3) is 0 Å². The number of fused-ring (bicyclic) bond motifs is 1. The van der Waals surface area contributed by atoms with Crippen LogP contribution in [0.2, 0.25) is 0 Å². The number of hydrogen-bond acceptors (Lipinski definition) is 3. The number of pyridine rings is 1. The minimum Gasteiger partial charge on any atom is -0.384 e. The molecule has 1 N–H and O–H groups in total. The van der Waals surface area contributed by atoms with Crippen LogP contribution in [0.3, 0.4) is 0 Å². The first-order chi connectivity index (χ1) is 9.79. The average Bonchev–Trinajstić information content (AvgIpc) is 2.96. The normalized spacial score (nSPS) is 12.7. The smallest absolute Gasteiger partial charge is 0.232 e. The predicted molar refractivity (Wildman–Crippen MR) is 80.3 cm³/mol. The molecule has 20 heavy (non-hydrogen) atoms. The summed E-state index contributed by atoms with van der Waals surface area (Å²) >= 11 is 0. The minimum atomic E-state index is 0.0432. The Labute approximate surface area is 118 Å². The number of carbonyl (C=O) groups excluding carboxylic acids is 1. The van der Waals surface area contributed by atoms with Crippen LogP contribution in [-0.4, -0.2) is 17.4 Å². The molecule has 0 unspecified atom stereocenters. The SMILES string of the molecule is CCC(=O)N(c1ccc2c(c1)NCC2)c1ccccn1. The van der Waals surface area contributed by atoms with Crippen molar-refractivity contribution in [1.29, 1.82) is 0 Å². The van der Waals surface area contributed by atoms with Crippen molar-refractivity contribution in [2.75, 3.05) is 16.8 Å². The summed E-state index contributed by atoms with van der Waals surface area (Å²) < 4.78 is 0. The summed E-state index contributed by atoms with van der Waals surface area (Å²) in [6.07, 6.45) is 3.19. The summed E-state index contributed by atoms with van der Waals surface area (Å²) in [4.78, 5) is 18.3. The van der Waals surface area contributed by atoms with Gasteiger partial charge in [-0.15, -0.1) is 0 Å². The van der Waals surface area contributed by atoms with Crippen LogP contribution in [-0.2, 0) is 11.2 Å². The number of rotatable bonds is 3. The largest absolute Gasteiger partial charge is 0.384 e. The summed E-state index contributed by atoms with van der Waals surface area (Å²) in [6, 6.07) is 11.7. The number of carbonyl (C=O) groups is 1. The van der Waals surface area contributed by atoms with E-state index in [4.69, 9.17) is 0 Å². The monoisotopic (exact) mass is 267 g/mol. The Hall–Kier alpha value is -2.36. The van der Waals surface area contributed by atoms with E-state index in [-0.39, 0.29) is 5.91 Å². The lowest BCUT2D eigenvalue weighted by Gasteiger charge is -2.22. The zero-order valence-corrected chi connectivity index (χ0v) is 11.5. The lowest BCUT2D eigenvalue weighted by Crippen LogP contribution is -2.25. The molecule has 102 valence electrons. The molecule has 0 bridgehead atoms. The van der Waals surface area contributed by atoms with E-state index in [0.29, 0.717) is 12.2 Å². The number of nitrogens with one attached hydrogen (secondary N) is 1. The summed E-state index contributed by atoms with van der Waals surface area (Å²) in [7, 11) is 0. The van der Waals surface area contributed by atoms with Crippen molar-refractivity contribution in [3.05, 3.63) is 48.2 Å². The van der Waals surface area contributed by atoms with E-state index in [9.17, 15) is 4.79 Å². The molecule has 2 heterocycles. The molecule has 1 aromatic carbocycles. The maximum atomic E-state index is 12.3. The van der Waals surface area contributed by atoms with Gasteiger partial charge in [-0.25, -0.2) is 4.98 Å².